The number of fused-ring (bicyclic) bond motifs is 1. The first kappa shape index (κ1) is 13.1. The first-order valence-corrected chi connectivity index (χ1v) is 6.64. The molecular weight excluding hydrogens is 254 g/mol. The van der Waals surface area contributed by atoms with E-state index in [0.29, 0.717) is 6.42 Å². The van der Waals surface area contributed by atoms with E-state index in [-0.39, 0.29) is 11.8 Å². The SMILES string of the molecule is Oc1ccc(CC2NC(O)C=C3C=CC(O)C=C32)cc1. The van der Waals surface area contributed by atoms with Gasteiger partial charge < -0.3 is 15.3 Å². The van der Waals surface area contributed by atoms with Crippen LogP contribution >= 0.6 is 0 Å². The molecule has 3 atom stereocenters. The molecule has 0 aromatic heterocycles. The van der Waals surface area contributed by atoms with Crippen LogP contribution in [0.1, 0.15) is 5.56 Å². The van der Waals surface area contributed by atoms with Crippen LogP contribution < -0.4 is 5.32 Å². The van der Waals surface area contributed by atoms with Crippen LogP contribution in [0, 0.1) is 0 Å². The van der Waals surface area contributed by atoms with Crippen molar-refractivity contribution in [2.24, 2.45) is 0 Å². The largest absolute Gasteiger partial charge is 0.508 e. The molecule has 1 aliphatic carbocycles. The zero-order valence-electron chi connectivity index (χ0n) is 10.9. The Morgan fingerprint density at radius 3 is 2.55 bits per heavy atom. The van der Waals surface area contributed by atoms with Gasteiger partial charge in [0.05, 0.1) is 6.10 Å². The second kappa shape index (κ2) is 5.25. The highest BCUT2D eigenvalue weighted by molar-refractivity contribution is 5.50. The molecule has 2 aliphatic rings. The Morgan fingerprint density at radius 1 is 1.05 bits per heavy atom. The van der Waals surface area contributed by atoms with Crippen LogP contribution in [0.3, 0.4) is 0 Å². The summed E-state index contributed by atoms with van der Waals surface area (Å²) in [4.78, 5) is 0. The molecule has 4 heteroatoms. The molecule has 1 aromatic carbocycles. The number of aliphatic hydroxyl groups is 2. The van der Waals surface area contributed by atoms with Crippen molar-refractivity contribution in [3.05, 3.63) is 65.3 Å². The number of hydrogen-bond donors (Lipinski definition) is 4. The Morgan fingerprint density at radius 2 is 1.80 bits per heavy atom. The van der Waals surface area contributed by atoms with Crippen LogP contribution in [-0.2, 0) is 6.42 Å². The van der Waals surface area contributed by atoms with Gasteiger partial charge >= 0.3 is 0 Å². The zero-order chi connectivity index (χ0) is 14.1. The molecule has 1 heterocycles. The van der Waals surface area contributed by atoms with Crippen molar-refractivity contribution >= 4 is 0 Å². The predicted molar refractivity (Wildman–Crippen MR) is 76.1 cm³/mol. The van der Waals surface area contributed by atoms with Gasteiger partial charge in [0, 0.05) is 6.04 Å². The maximum Gasteiger partial charge on any atom is 0.125 e. The van der Waals surface area contributed by atoms with Crippen LogP contribution in [-0.4, -0.2) is 33.7 Å². The molecule has 1 aliphatic heterocycles. The summed E-state index contributed by atoms with van der Waals surface area (Å²) in [6, 6.07) is 6.95. The Kier molecular flexibility index (Phi) is 3.44. The molecule has 0 bridgehead atoms. The number of phenols is 1. The van der Waals surface area contributed by atoms with Gasteiger partial charge in [0.15, 0.2) is 0 Å². The number of rotatable bonds is 2. The van der Waals surface area contributed by atoms with Gasteiger partial charge in [-0.3, -0.25) is 5.32 Å². The van der Waals surface area contributed by atoms with E-state index >= 15 is 0 Å². The highest BCUT2D eigenvalue weighted by Gasteiger charge is 2.26. The minimum Gasteiger partial charge on any atom is -0.508 e. The van der Waals surface area contributed by atoms with Gasteiger partial charge in [-0.25, -0.2) is 0 Å². The molecule has 0 radical (unpaired) electrons. The van der Waals surface area contributed by atoms with Crippen LogP contribution in [0.15, 0.2) is 59.7 Å². The molecule has 0 spiro atoms. The van der Waals surface area contributed by atoms with E-state index in [1.165, 1.54) is 0 Å². The van der Waals surface area contributed by atoms with E-state index in [2.05, 4.69) is 5.32 Å². The topological polar surface area (TPSA) is 72.7 Å². The lowest BCUT2D eigenvalue weighted by molar-refractivity contribution is 0.166. The van der Waals surface area contributed by atoms with Gasteiger partial charge in [0.25, 0.3) is 0 Å². The summed E-state index contributed by atoms with van der Waals surface area (Å²) in [7, 11) is 0. The summed E-state index contributed by atoms with van der Waals surface area (Å²) in [5.74, 6) is 0.237. The molecule has 0 saturated carbocycles. The van der Waals surface area contributed by atoms with Crippen LogP contribution in [0.5, 0.6) is 5.75 Å². The third-order valence-electron chi connectivity index (χ3n) is 3.62. The van der Waals surface area contributed by atoms with Gasteiger partial charge in [0.2, 0.25) is 0 Å². The summed E-state index contributed by atoms with van der Waals surface area (Å²) in [6.45, 7) is 0. The zero-order valence-corrected chi connectivity index (χ0v) is 10.9. The molecule has 0 amide bonds. The highest BCUT2D eigenvalue weighted by Crippen LogP contribution is 2.27. The maximum atomic E-state index is 9.86. The first-order chi connectivity index (χ1) is 9.61. The van der Waals surface area contributed by atoms with Crippen molar-refractivity contribution in [3.8, 4) is 5.75 Å². The number of hydrogen-bond acceptors (Lipinski definition) is 4. The van der Waals surface area contributed by atoms with Crippen molar-refractivity contribution in [2.75, 3.05) is 0 Å². The summed E-state index contributed by atoms with van der Waals surface area (Å²) in [5, 5.41) is 32.0. The molecule has 104 valence electrons. The van der Waals surface area contributed by atoms with Gasteiger partial charge in [-0.05, 0) is 47.4 Å². The minimum absolute atomic E-state index is 0.0610. The van der Waals surface area contributed by atoms with Gasteiger partial charge in [0.1, 0.15) is 12.0 Å². The molecule has 0 fully saturated rings. The van der Waals surface area contributed by atoms with E-state index in [1.54, 1.807) is 30.4 Å². The van der Waals surface area contributed by atoms with E-state index in [9.17, 15) is 15.3 Å². The lowest BCUT2D eigenvalue weighted by Crippen LogP contribution is -2.44. The molecule has 3 unspecified atom stereocenters. The van der Waals surface area contributed by atoms with Crippen molar-refractivity contribution in [1.82, 2.24) is 5.32 Å². The number of phenolic OH excluding ortho intramolecular Hbond substituents is 1. The Labute approximate surface area is 117 Å². The molecule has 0 saturated heterocycles. The lowest BCUT2D eigenvalue weighted by Gasteiger charge is -2.32. The Hall–Kier alpha value is -1.88. The van der Waals surface area contributed by atoms with Crippen molar-refractivity contribution < 1.29 is 15.3 Å². The number of benzene rings is 1. The fourth-order valence-corrected chi connectivity index (χ4v) is 2.65. The first-order valence-electron chi connectivity index (χ1n) is 6.64. The molecule has 1 aromatic rings. The third-order valence-corrected chi connectivity index (χ3v) is 3.62. The Balaban J connectivity index is 1.85. The van der Waals surface area contributed by atoms with E-state index in [4.69, 9.17) is 0 Å². The fraction of sp³-hybridized carbons (Fsp3) is 0.250. The maximum absolute atomic E-state index is 9.86. The monoisotopic (exact) mass is 271 g/mol. The average molecular weight is 271 g/mol. The minimum atomic E-state index is -0.691. The quantitative estimate of drug-likeness (QED) is 0.648. The van der Waals surface area contributed by atoms with Crippen molar-refractivity contribution in [2.45, 2.75) is 24.8 Å². The smallest absolute Gasteiger partial charge is 0.125 e. The fourth-order valence-electron chi connectivity index (χ4n) is 2.65. The highest BCUT2D eigenvalue weighted by atomic mass is 16.3. The second-order valence-corrected chi connectivity index (χ2v) is 5.13. The van der Waals surface area contributed by atoms with Crippen LogP contribution in [0.2, 0.25) is 0 Å². The van der Waals surface area contributed by atoms with Gasteiger partial charge in [-0.15, -0.1) is 0 Å². The summed E-state index contributed by atoms with van der Waals surface area (Å²) in [6.07, 6.45) is 6.49. The van der Waals surface area contributed by atoms with E-state index in [1.807, 2.05) is 18.2 Å². The van der Waals surface area contributed by atoms with Gasteiger partial charge in [-0.2, -0.15) is 0 Å². The molecule has 3 rings (SSSR count). The van der Waals surface area contributed by atoms with E-state index < -0.39 is 12.3 Å². The van der Waals surface area contributed by atoms with Crippen LogP contribution in [0.4, 0.5) is 0 Å². The van der Waals surface area contributed by atoms with E-state index in [0.717, 1.165) is 16.7 Å². The number of allylic oxidation sites excluding steroid dienone is 1. The number of nitrogens with one attached hydrogen (secondary N) is 1. The molecule has 4 nitrogen and oxygen atoms in total. The summed E-state index contributed by atoms with van der Waals surface area (Å²) < 4.78 is 0. The average Bonchev–Trinajstić information content (AvgIpc) is 2.42. The standard InChI is InChI=1S/C16H17NO3/c18-12-4-1-10(2-5-12)7-15-14-9-13(19)6-3-11(14)8-16(20)17-15/h1-6,8-9,13,15-20H,7H2. The normalized spacial score (nSPS) is 28.6. The summed E-state index contributed by atoms with van der Waals surface area (Å²) in [5.41, 5.74) is 3.00. The number of aromatic hydroxyl groups is 1. The third kappa shape index (κ3) is 2.67. The summed E-state index contributed by atoms with van der Waals surface area (Å²) >= 11 is 0. The predicted octanol–water partition coefficient (Wildman–Crippen LogP) is 1.01. The van der Waals surface area contributed by atoms with Crippen molar-refractivity contribution in [3.63, 3.8) is 0 Å². The lowest BCUT2D eigenvalue weighted by atomic mass is 9.86. The van der Waals surface area contributed by atoms with Crippen molar-refractivity contribution in [1.29, 1.82) is 0 Å². The number of aliphatic hydroxyl groups excluding tert-OH is 2. The molecule has 20 heavy (non-hydrogen) atoms. The molecule has 4 N–H and O–H groups in total. The molecular formula is C16H17NO3. The van der Waals surface area contributed by atoms with Gasteiger partial charge in [-0.1, -0.05) is 24.3 Å². The van der Waals surface area contributed by atoms with Crippen LogP contribution in [0.25, 0.3) is 0 Å². The second-order valence-electron chi connectivity index (χ2n) is 5.13. The Bertz CT molecular complexity index is 586.